The van der Waals surface area contributed by atoms with Gasteiger partial charge in [-0.3, -0.25) is 19.9 Å². The molecule has 1 aliphatic rings. The molecule has 0 saturated carbocycles. The minimum atomic E-state index is -0.416. The van der Waals surface area contributed by atoms with Gasteiger partial charge in [-0.1, -0.05) is 37.3 Å². The minimum absolute atomic E-state index is 0.304. The Morgan fingerprint density at radius 2 is 2.00 bits per heavy atom. The lowest BCUT2D eigenvalue weighted by atomic mass is 10.1. The molecule has 29 heavy (non-hydrogen) atoms. The zero-order valence-corrected chi connectivity index (χ0v) is 16.6. The summed E-state index contributed by atoms with van der Waals surface area (Å²) in [6.45, 7) is 2.19. The number of nitrogens with one attached hydrogen (secondary N) is 1. The monoisotopic (exact) mass is 402 g/mol. The van der Waals surface area contributed by atoms with Gasteiger partial charge in [-0.05, 0) is 48.4 Å². The highest BCUT2D eigenvalue weighted by Crippen LogP contribution is 2.28. The number of hydrogen-bond donors (Lipinski definition) is 1. The van der Waals surface area contributed by atoms with Gasteiger partial charge in [-0.15, -0.1) is 0 Å². The smallest absolute Gasteiger partial charge is 0.290 e. The zero-order valence-electron chi connectivity index (χ0n) is 15.8. The second kappa shape index (κ2) is 8.38. The molecule has 0 atom stereocenters. The van der Waals surface area contributed by atoms with Gasteiger partial charge in [0.15, 0.2) is 5.58 Å². The van der Waals surface area contributed by atoms with E-state index in [1.165, 1.54) is 18.4 Å². The van der Waals surface area contributed by atoms with Gasteiger partial charge >= 0.3 is 0 Å². The molecule has 1 saturated heterocycles. The number of aromatic nitrogens is 1. The second-order valence-electron chi connectivity index (χ2n) is 6.66. The van der Waals surface area contributed by atoms with Gasteiger partial charge in [-0.2, -0.15) is 0 Å². The van der Waals surface area contributed by atoms with Crippen molar-refractivity contribution >= 4 is 40.0 Å². The van der Waals surface area contributed by atoms with Crippen LogP contribution >= 0.6 is 11.8 Å². The molecule has 0 unspecified atom stereocenters. The van der Waals surface area contributed by atoms with Crippen molar-refractivity contribution in [1.82, 2.24) is 10.3 Å². The van der Waals surface area contributed by atoms with Crippen molar-refractivity contribution in [2.24, 2.45) is 0 Å². The molecule has 2 aromatic heterocycles. The molecule has 1 fully saturated rings. The zero-order chi connectivity index (χ0) is 20.2. The van der Waals surface area contributed by atoms with E-state index in [1.807, 2.05) is 12.1 Å². The maximum Gasteiger partial charge on any atom is 0.290 e. The molecule has 0 bridgehead atoms. The number of carbonyl (C=O) groups excluding carboxylic acids is 2. The van der Waals surface area contributed by atoms with E-state index in [0.29, 0.717) is 21.8 Å². The molecule has 144 valence electrons. The summed E-state index contributed by atoms with van der Waals surface area (Å²) in [4.78, 5) is 27.5. The van der Waals surface area contributed by atoms with Crippen LogP contribution in [0.15, 0.2) is 52.0 Å². The number of furan rings is 1. The summed E-state index contributed by atoms with van der Waals surface area (Å²) in [6.07, 6.45) is 8.34. The number of aryl methyl sites for hydroxylation is 1. The average molecular weight is 402 g/mol. The Kier molecular flexibility index (Phi) is 5.50. The molecule has 3 heterocycles. The van der Waals surface area contributed by atoms with E-state index >= 15 is 0 Å². The Balaban J connectivity index is 1.60. The van der Waals surface area contributed by atoms with Crippen LogP contribution in [0.3, 0.4) is 0 Å². The Labute approximate surface area is 172 Å². The van der Waals surface area contributed by atoms with Crippen molar-refractivity contribution in [2.45, 2.75) is 26.2 Å². The average Bonchev–Trinajstić information content (AvgIpc) is 3.27. The lowest BCUT2D eigenvalue weighted by Gasteiger charge is -1.99. The molecule has 3 aromatic rings. The van der Waals surface area contributed by atoms with Crippen LogP contribution in [-0.2, 0) is 11.2 Å². The topological polar surface area (TPSA) is 72.2 Å². The fraction of sp³-hybridized carbons (Fsp3) is 0.174. The van der Waals surface area contributed by atoms with Crippen LogP contribution in [-0.4, -0.2) is 16.1 Å². The number of nitrogens with zero attached hydrogens (tertiary/aromatic N) is 1. The first-order valence-electron chi connectivity index (χ1n) is 9.36. The molecule has 1 aliphatic heterocycles. The summed E-state index contributed by atoms with van der Waals surface area (Å²) in [6, 6.07) is 10.1. The van der Waals surface area contributed by atoms with Crippen molar-refractivity contribution in [2.75, 3.05) is 0 Å². The highest BCUT2D eigenvalue weighted by atomic mass is 32.2. The molecule has 0 aliphatic carbocycles. The number of thioether (sulfide) groups is 1. The van der Waals surface area contributed by atoms with Gasteiger partial charge < -0.3 is 4.42 Å². The molecule has 5 nitrogen and oxygen atoms in total. The maximum absolute atomic E-state index is 11.7. The summed E-state index contributed by atoms with van der Waals surface area (Å²) < 4.78 is 5.87. The van der Waals surface area contributed by atoms with E-state index in [1.54, 1.807) is 24.5 Å². The summed E-state index contributed by atoms with van der Waals surface area (Å²) in [5.74, 6) is 6.34. The number of pyridine rings is 1. The van der Waals surface area contributed by atoms with Crippen LogP contribution in [0.2, 0.25) is 0 Å². The molecule has 0 radical (unpaired) electrons. The van der Waals surface area contributed by atoms with Gasteiger partial charge in [0.1, 0.15) is 5.76 Å². The summed E-state index contributed by atoms with van der Waals surface area (Å²) >= 11 is 0.854. The first-order valence-corrected chi connectivity index (χ1v) is 10.2. The highest BCUT2D eigenvalue weighted by molar-refractivity contribution is 8.18. The minimum Gasteiger partial charge on any atom is -0.455 e. The molecular formula is C23H18N2O3S. The first-order chi connectivity index (χ1) is 14.1. The molecule has 4 rings (SSSR count). The largest absolute Gasteiger partial charge is 0.455 e. The van der Waals surface area contributed by atoms with Crippen LogP contribution in [0.25, 0.3) is 17.0 Å². The van der Waals surface area contributed by atoms with Gasteiger partial charge in [0, 0.05) is 29.4 Å². The fourth-order valence-corrected chi connectivity index (χ4v) is 3.63. The number of unbranched alkanes of at least 4 members (excludes halogenated alkanes) is 1. The molecule has 1 aromatic carbocycles. The Morgan fingerprint density at radius 1 is 1.17 bits per heavy atom. The lowest BCUT2D eigenvalue weighted by Crippen LogP contribution is -2.17. The van der Waals surface area contributed by atoms with Crippen LogP contribution in [0.1, 0.15) is 42.2 Å². The lowest BCUT2D eigenvalue weighted by molar-refractivity contribution is -0.115. The van der Waals surface area contributed by atoms with Crippen LogP contribution in [0, 0.1) is 11.8 Å². The third-order valence-electron chi connectivity index (χ3n) is 4.47. The maximum atomic E-state index is 11.7. The van der Waals surface area contributed by atoms with Gasteiger partial charge in [0.2, 0.25) is 0 Å². The normalized spacial score (nSPS) is 14.9. The van der Waals surface area contributed by atoms with Crippen molar-refractivity contribution in [1.29, 1.82) is 0 Å². The van der Waals surface area contributed by atoms with E-state index in [4.69, 9.17) is 4.42 Å². The number of amides is 2. The van der Waals surface area contributed by atoms with Gasteiger partial charge in [0.05, 0.1) is 10.5 Å². The van der Waals surface area contributed by atoms with E-state index < -0.39 is 5.91 Å². The number of benzene rings is 1. The van der Waals surface area contributed by atoms with Crippen LogP contribution < -0.4 is 5.32 Å². The van der Waals surface area contributed by atoms with E-state index in [0.717, 1.165) is 29.1 Å². The Bertz CT molecular complexity index is 1180. The van der Waals surface area contributed by atoms with Gasteiger partial charge in [-0.25, -0.2) is 0 Å². The molecule has 6 heteroatoms. The highest BCUT2D eigenvalue weighted by Gasteiger charge is 2.25. The number of carbonyl (C=O) groups is 2. The van der Waals surface area contributed by atoms with Gasteiger partial charge in [0.25, 0.3) is 11.1 Å². The summed E-state index contributed by atoms with van der Waals surface area (Å²) in [5.41, 5.74) is 3.52. The quantitative estimate of drug-likeness (QED) is 0.497. The molecule has 1 N–H and O–H groups in total. The summed E-state index contributed by atoms with van der Waals surface area (Å²) in [7, 11) is 0. The van der Waals surface area contributed by atoms with Crippen molar-refractivity contribution < 1.29 is 14.0 Å². The summed E-state index contributed by atoms with van der Waals surface area (Å²) in [5, 5.41) is 2.63. The van der Waals surface area contributed by atoms with E-state index in [-0.39, 0.29) is 5.24 Å². The number of fused-ring (bicyclic) bond motifs is 1. The first kappa shape index (κ1) is 19.0. The number of hydrogen-bond acceptors (Lipinski definition) is 5. The molecule has 0 spiro atoms. The third kappa shape index (κ3) is 4.41. The predicted molar refractivity (Wildman–Crippen MR) is 114 cm³/mol. The number of imide groups is 1. The Hall–Kier alpha value is -3.30. The van der Waals surface area contributed by atoms with E-state index in [9.17, 15) is 9.59 Å². The predicted octanol–water partition coefficient (Wildman–Crippen LogP) is 4.89. The third-order valence-corrected chi connectivity index (χ3v) is 5.28. The second-order valence-corrected chi connectivity index (χ2v) is 7.67. The standard InChI is InChI=1S/C23H18N2O3S/c1-2-3-4-15-5-7-16(8-6-15)9-10-17-13-24-14-18-11-19(28-21(17)18)12-20-22(26)25-23(27)29-20/h5-8,11-14H,2-4H2,1H3,(H,25,26,27)/b20-12-. The van der Waals surface area contributed by atoms with Crippen molar-refractivity contribution in [3.05, 3.63) is 70.1 Å². The SMILES string of the molecule is CCCCc1ccc(C#Cc2cncc3cc(/C=C4\SC(=O)NC4=O)oc23)cc1. The van der Waals surface area contributed by atoms with Crippen molar-refractivity contribution in [3.63, 3.8) is 0 Å². The Morgan fingerprint density at radius 3 is 2.72 bits per heavy atom. The van der Waals surface area contributed by atoms with E-state index in [2.05, 4.69) is 41.2 Å². The van der Waals surface area contributed by atoms with Crippen LogP contribution in [0.5, 0.6) is 0 Å². The fourth-order valence-electron chi connectivity index (χ4n) is 2.97. The van der Waals surface area contributed by atoms with Crippen molar-refractivity contribution in [3.8, 4) is 11.8 Å². The molecule has 2 amide bonds. The number of rotatable bonds is 4. The molecular weight excluding hydrogens is 384 g/mol. The van der Waals surface area contributed by atoms with Crippen LogP contribution in [0.4, 0.5) is 4.79 Å².